The first-order valence-corrected chi connectivity index (χ1v) is 13.8. The lowest BCUT2D eigenvalue weighted by Gasteiger charge is -2.64. The fourth-order valence-electron chi connectivity index (χ4n) is 10.6. The molecule has 6 rings (SSSR count). The van der Waals surface area contributed by atoms with Crippen molar-refractivity contribution < 1.29 is 30.6 Å². The second kappa shape index (κ2) is 7.40. The molecule has 4 aliphatic carbocycles. The van der Waals surface area contributed by atoms with Crippen LogP contribution in [0.3, 0.4) is 0 Å². The monoisotopic (exact) mass is 479 g/mol. The molecule has 2 unspecified atom stereocenters. The SMILES string of the molecule is C[C@H]1CC[C@@H]2N(C1)C[C@@H]1[C@@H]([C@@H](O)CC3(O)[C@@H]4C[C@H](O)[C@H]5C[C@@H](O)CC[C@]5(C)[C@H]4CC13O)[C@]2(C)O. The van der Waals surface area contributed by atoms with Crippen LogP contribution in [0, 0.1) is 40.9 Å². The summed E-state index contributed by atoms with van der Waals surface area (Å²) < 4.78 is 0. The lowest BCUT2D eigenvalue weighted by Crippen LogP contribution is -2.77. The molecule has 34 heavy (non-hydrogen) atoms. The third-order valence-corrected chi connectivity index (χ3v) is 12.3. The van der Waals surface area contributed by atoms with E-state index in [4.69, 9.17) is 0 Å². The van der Waals surface area contributed by atoms with Gasteiger partial charge in [0.25, 0.3) is 0 Å². The lowest BCUT2D eigenvalue weighted by molar-refractivity contribution is -0.293. The van der Waals surface area contributed by atoms with E-state index in [1.807, 2.05) is 6.92 Å². The zero-order valence-corrected chi connectivity index (χ0v) is 21.0. The molecular weight excluding hydrogens is 434 g/mol. The Morgan fingerprint density at radius 2 is 1.44 bits per heavy atom. The third kappa shape index (κ3) is 2.89. The van der Waals surface area contributed by atoms with E-state index < -0.39 is 47.0 Å². The average molecular weight is 480 g/mol. The molecule has 2 heterocycles. The van der Waals surface area contributed by atoms with Gasteiger partial charge in [0.1, 0.15) is 0 Å². The summed E-state index contributed by atoms with van der Waals surface area (Å²) in [6.07, 6.45) is 2.86. The first-order valence-electron chi connectivity index (χ1n) is 13.8. The highest BCUT2D eigenvalue weighted by Crippen LogP contribution is 2.69. The molecule has 0 bridgehead atoms. The molecule has 0 radical (unpaired) electrons. The summed E-state index contributed by atoms with van der Waals surface area (Å²) in [6, 6.07) is -0.0402. The van der Waals surface area contributed by atoms with Gasteiger partial charge in [0.05, 0.1) is 35.1 Å². The summed E-state index contributed by atoms with van der Waals surface area (Å²) in [5.74, 6) is -0.751. The Balaban J connectivity index is 1.41. The Hall–Kier alpha value is -0.280. The maximum absolute atomic E-state index is 12.5. The van der Waals surface area contributed by atoms with Gasteiger partial charge in [-0.15, -0.1) is 0 Å². The van der Waals surface area contributed by atoms with Crippen LogP contribution >= 0.6 is 0 Å². The van der Waals surface area contributed by atoms with E-state index >= 15 is 0 Å². The lowest BCUT2D eigenvalue weighted by atomic mass is 9.50. The highest BCUT2D eigenvalue weighted by Gasteiger charge is 2.76. The van der Waals surface area contributed by atoms with Crippen LogP contribution in [0.1, 0.15) is 72.1 Å². The Kier molecular flexibility index (Phi) is 5.24. The van der Waals surface area contributed by atoms with Crippen LogP contribution < -0.4 is 0 Å². The number of hydrogen-bond acceptors (Lipinski definition) is 7. The van der Waals surface area contributed by atoms with Gasteiger partial charge < -0.3 is 30.6 Å². The van der Waals surface area contributed by atoms with E-state index in [2.05, 4.69) is 18.7 Å². The molecule has 0 spiro atoms. The minimum atomic E-state index is -1.49. The van der Waals surface area contributed by atoms with Crippen molar-refractivity contribution in [2.24, 2.45) is 40.9 Å². The standard InChI is InChI=1S/C27H45NO6/c1-14-4-5-22-25(3,32)23-19(13-28(22)12-14)26(33)10-18-16(27(26,34)11-21(23)31)9-20(30)17-8-15(29)6-7-24(17,18)2/h14-23,29-34H,4-13H2,1-3H3/t14-,15-,16+,17+,18-,19+,20-,21-,22-,23-,24-,25+,26?,27?/m0/s1. The summed E-state index contributed by atoms with van der Waals surface area (Å²) >= 11 is 0. The van der Waals surface area contributed by atoms with Crippen LogP contribution in [0.4, 0.5) is 0 Å². The van der Waals surface area contributed by atoms with Crippen molar-refractivity contribution in [2.45, 2.75) is 113 Å². The molecule has 2 saturated heterocycles. The van der Waals surface area contributed by atoms with Crippen molar-refractivity contribution in [3.05, 3.63) is 0 Å². The molecule has 6 N–H and O–H groups in total. The summed E-state index contributed by atoms with van der Waals surface area (Å²) in [5.41, 5.74) is -4.33. The van der Waals surface area contributed by atoms with Gasteiger partial charge in [0, 0.05) is 37.4 Å². The van der Waals surface area contributed by atoms with Gasteiger partial charge in [0.2, 0.25) is 0 Å². The number of hydrogen-bond donors (Lipinski definition) is 6. The highest BCUT2D eigenvalue weighted by atomic mass is 16.4. The molecule has 7 nitrogen and oxygen atoms in total. The van der Waals surface area contributed by atoms with E-state index in [1.54, 1.807) is 0 Å². The van der Waals surface area contributed by atoms with Gasteiger partial charge in [-0.3, -0.25) is 4.90 Å². The van der Waals surface area contributed by atoms with Crippen molar-refractivity contribution in [3.8, 4) is 0 Å². The first kappa shape index (κ1) is 24.1. The maximum Gasteiger partial charge on any atom is 0.0993 e. The van der Waals surface area contributed by atoms with Crippen molar-refractivity contribution in [1.82, 2.24) is 4.90 Å². The van der Waals surface area contributed by atoms with Crippen LogP contribution in [0.25, 0.3) is 0 Å². The summed E-state index contributed by atoms with van der Waals surface area (Å²) in [6.45, 7) is 7.67. The van der Waals surface area contributed by atoms with E-state index in [1.165, 1.54) is 0 Å². The van der Waals surface area contributed by atoms with Crippen LogP contribution in [0.15, 0.2) is 0 Å². The van der Waals surface area contributed by atoms with Crippen LogP contribution in [0.2, 0.25) is 0 Å². The van der Waals surface area contributed by atoms with Crippen molar-refractivity contribution in [2.75, 3.05) is 13.1 Å². The number of nitrogens with zero attached hydrogens (tertiary/aromatic N) is 1. The normalized spacial score (nSPS) is 63.8. The topological polar surface area (TPSA) is 125 Å². The molecule has 7 heteroatoms. The molecular formula is C27H45NO6. The van der Waals surface area contributed by atoms with Gasteiger partial charge in [-0.25, -0.2) is 0 Å². The summed E-state index contributed by atoms with van der Waals surface area (Å²) in [4.78, 5) is 2.31. The minimum Gasteiger partial charge on any atom is -0.393 e. The fourth-order valence-corrected chi connectivity index (χ4v) is 10.6. The summed E-state index contributed by atoms with van der Waals surface area (Å²) in [7, 11) is 0. The number of aliphatic hydroxyl groups is 6. The molecule has 14 atom stereocenters. The van der Waals surface area contributed by atoms with Gasteiger partial charge in [0.15, 0.2) is 0 Å². The van der Waals surface area contributed by atoms with Crippen molar-refractivity contribution in [1.29, 1.82) is 0 Å². The molecule has 0 aromatic rings. The van der Waals surface area contributed by atoms with Crippen molar-refractivity contribution >= 4 is 0 Å². The Labute approximate surface area is 203 Å². The number of piperidine rings is 2. The zero-order valence-electron chi connectivity index (χ0n) is 21.0. The molecule has 6 fully saturated rings. The smallest absolute Gasteiger partial charge is 0.0993 e. The molecule has 0 aromatic carbocycles. The van der Waals surface area contributed by atoms with E-state index in [9.17, 15) is 30.6 Å². The predicted octanol–water partition coefficient (Wildman–Crippen LogP) is 0.879. The van der Waals surface area contributed by atoms with Gasteiger partial charge in [-0.05, 0) is 81.0 Å². The molecule has 194 valence electrons. The zero-order chi connectivity index (χ0) is 24.4. The fraction of sp³-hybridized carbons (Fsp3) is 1.00. The predicted molar refractivity (Wildman–Crippen MR) is 126 cm³/mol. The third-order valence-electron chi connectivity index (χ3n) is 12.3. The number of fused-ring (bicyclic) bond motifs is 8. The first-order chi connectivity index (χ1) is 15.8. The molecule has 4 saturated carbocycles. The van der Waals surface area contributed by atoms with E-state index in [0.717, 1.165) is 25.8 Å². The number of rotatable bonds is 0. The average Bonchev–Trinajstić information content (AvgIpc) is 2.97. The highest BCUT2D eigenvalue weighted by molar-refractivity contribution is 5.27. The van der Waals surface area contributed by atoms with E-state index in [0.29, 0.717) is 38.1 Å². The van der Waals surface area contributed by atoms with E-state index in [-0.39, 0.29) is 35.6 Å². The van der Waals surface area contributed by atoms with Crippen LogP contribution in [-0.2, 0) is 0 Å². The van der Waals surface area contributed by atoms with Crippen molar-refractivity contribution in [3.63, 3.8) is 0 Å². The van der Waals surface area contributed by atoms with Gasteiger partial charge in [-0.1, -0.05) is 13.8 Å². The Morgan fingerprint density at radius 3 is 2.18 bits per heavy atom. The Bertz CT molecular complexity index is 838. The maximum atomic E-state index is 12.5. The summed E-state index contributed by atoms with van der Waals surface area (Å²) in [5, 5.41) is 69.6. The van der Waals surface area contributed by atoms with Crippen LogP contribution in [0.5, 0.6) is 0 Å². The largest absolute Gasteiger partial charge is 0.393 e. The van der Waals surface area contributed by atoms with Gasteiger partial charge in [-0.2, -0.15) is 0 Å². The molecule has 0 aromatic heterocycles. The minimum absolute atomic E-state index is 0.0114. The quantitative estimate of drug-likeness (QED) is 0.305. The second-order valence-electron chi connectivity index (χ2n) is 13.9. The Morgan fingerprint density at radius 1 is 0.735 bits per heavy atom. The second-order valence-corrected chi connectivity index (χ2v) is 13.9. The molecule has 0 amide bonds. The molecule has 2 aliphatic heterocycles. The van der Waals surface area contributed by atoms with Gasteiger partial charge >= 0.3 is 0 Å². The molecule has 6 aliphatic rings. The number of aliphatic hydroxyl groups excluding tert-OH is 3. The van der Waals surface area contributed by atoms with Crippen LogP contribution in [-0.4, -0.2) is 89.8 Å².